The van der Waals surface area contributed by atoms with Crippen molar-refractivity contribution in [3.8, 4) is 0 Å². The Bertz CT molecular complexity index is 554. The van der Waals surface area contributed by atoms with E-state index in [0.29, 0.717) is 13.2 Å². The van der Waals surface area contributed by atoms with Gasteiger partial charge in [0.05, 0.1) is 26.4 Å². The van der Waals surface area contributed by atoms with Crippen molar-refractivity contribution in [2.45, 2.75) is 6.54 Å². The fraction of sp³-hybridized carbons (Fsp3) is 0.667. The molecule has 21 heavy (non-hydrogen) atoms. The molecule has 0 fully saturated rings. The summed E-state index contributed by atoms with van der Waals surface area (Å²) in [4.78, 5) is 27.6. The van der Waals surface area contributed by atoms with E-state index < -0.39 is 11.2 Å². The molecule has 0 radical (unpaired) electrons. The molecule has 1 rings (SSSR count). The van der Waals surface area contributed by atoms with E-state index in [9.17, 15) is 9.59 Å². The Labute approximate surface area is 121 Å². The molecule has 9 nitrogen and oxygen atoms in total. The average Bonchev–Trinajstić information content (AvgIpc) is 2.44. The second kappa shape index (κ2) is 8.45. The number of rotatable bonds is 9. The number of aromatic nitrogens is 2. The lowest BCUT2D eigenvalue weighted by Gasteiger charge is -2.25. The van der Waals surface area contributed by atoms with E-state index >= 15 is 0 Å². The van der Waals surface area contributed by atoms with Gasteiger partial charge in [-0.15, -0.1) is 0 Å². The Morgan fingerprint density at radius 3 is 2.48 bits per heavy atom. The maximum atomic E-state index is 12.0. The summed E-state index contributed by atoms with van der Waals surface area (Å²) in [6, 6.07) is 0. The Balaban J connectivity index is 3.25. The Morgan fingerprint density at radius 2 is 1.90 bits per heavy atom. The largest absolute Gasteiger partial charge is 0.395 e. The van der Waals surface area contributed by atoms with Crippen molar-refractivity contribution >= 4 is 11.5 Å². The summed E-state index contributed by atoms with van der Waals surface area (Å²) in [6.45, 7) is 1.29. The molecule has 120 valence electrons. The van der Waals surface area contributed by atoms with Gasteiger partial charge >= 0.3 is 5.69 Å². The highest BCUT2D eigenvalue weighted by Gasteiger charge is 2.18. The molecule has 1 aromatic rings. The number of aromatic amines is 1. The van der Waals surface area contributed by atoms with Crippen LogP contribution in [-0.4, -0.2) is 61.8 Å². The van der Waals surface area contributed by atoms with E-state index in [2.05, 4.69) is 4.98 Å². The standard InChI is InChI=1S/C12H22N4O5/c1-20-7-4-15(3-6-17)9-10(13)16(5-8-21-2)12(19)14-11(9)18/h17H,3-8,13H2,1-2H3,(H,14,18,19). The first-order valence-corrected chi connectivity index (χ1v) is 6.53. The van der Waals surface area contributed by atoms with E-state index in [-0.39, 0.29) is 37.8 Å². The van der Waals surface area contributed by atoms with Crippen molar-refractivity contribution in [3.63, 3.8) is 0 Å². The lowest BCUT2D eigenvalue weighted by atomic mass is 10.3. The van der Waals surface area contributed by atoms with Crippen molar-refractivity contribution in [3.05, 3.63) is 20.8 Å². The van der Waals surface area contributed by atoms with Gasteiger partial charge < -0.3 is 25.2 Å². The maximum Gasteiger partial charge on any atom is 0.330 e. The lowest BCUT2D eigenvalue weighted by Crippen LogP contribution is -2.41. The average molecular weight is 302 g/mol. The summed E-state index contributed by atoms with van der Waals surface area (Å²) in [5.41, 5.74) is 4.93. The number of methoxy groups -OCH3 is 2. The summed E-state index contributed by atoms with van der Waals surface area (Å²) >= 11 is 0. The third-order valence-corrected chi connectivity index (χ3v) is 2.98. The zero-order valence-corrected chi connectivity index (χ0v) is 12.3. The molecule has 0 saturated heterocycles. The summed E-state index contributed by atoms with van der Waals surface area (Å²) in [6.07, 6.45) is 0. The minimum Gasteiger partial charge on any atom is -0.395 e. The van der Waals surface area contributed by atoms with Gasteiger partial charge in [-0.2, -0.15) is 0 Å². The molecule has 0 aliphatic carbocycles. The molecule has 0 bridgehead atoms. The van der Waals surface area contributed by atoms with E-state index in [1.165, 1.54) is 18.8 Å². The van der Waals surface area contributed by atoms with Crippen molar-refractivity contribution in [1.82, 2.24) is 9.55 Å². The molecular weight excluding hydrogens is 280 g/mol. The quantitative estimate of drug-likeness (QED) is 0.492. The van der Waals surface area contributed by atoms with Crippen molar-refractivity contribution in [2.75, 3.05) is 57.8 Å². The van der Waals surface area contributed by atoms with E-state index in [1.54, 1.807) is 4.90 Å². The van der Waals surface area contributed by atoms with Gasteiger partial charge in [-0.25, -0.2) is 4.79 Å². The summed E-state index contributed by atoms with van der Waals surface area (Å²) < 4.78 is 11.1. The summed E-state index contributed by atoms with van der Waals surface area (Å²) in [5.74, 6) is 0.0466. The smallest absolute Gasteiger partial charge is 0.330 e. The van der Waals surface area contributed by atoms with E-state index in [4.69, 9.17) is 20.3 Å². The number of anilines is 2. The number of nitrogens with one attached hydrogen (secondary N) is 1. The van der Waals surface area contributed by atoms with Crippen molar-refractivity contribution in [2.24, 2.45) is 0 Å². The third kappa shape index (κ3) is 4.31. The zero-order chi connectivity index (χ0) is 15.8. The first kappa shape index (κ1) is 17.2. The molecule has 0 atom stereocenters. The molecular formula is C12H22N4O5. The van der Waals surface area contributed by atoms with Crippen LogP contribution in [0.5, 0.6) is 0 Å². The van der Waals surface area contributed by atoms with Gasteiger partial charge in [-0.05, 0) is 0 Å². The second-order valence-corrected chi connectivity index (χ2v) is 4.34. The summed E-state index contributed by atoms with van der Waals surface area (Å²) in [5, 5.41) is 9.12. The molecule has 0 unspecified atom stereocenters. The monoisotopic (exact) mass is 302 g/mol. The number of ether oxygens (including phenoxy) is 2. The van der Waals surface area contributed by atoms with Crippen LogP contribution < -0.4 is 21.9 Å². The minimum absolute atomic E-state index is 0.0466. The van der Waals surface area contributed by atoms with Crippen LogP contribution in [0.4, 0.5) is 11.5 Å². The molecule has 0 saturated carbocycles. The molecule has 4 N–H and O–H groups in total. The van der Waals surface area contributed by atoms with Crippen LogP contribution in [0.2, 0.25) is 0 Å². The van der Waals surface area contributed by atoms with Crippen molar-refractivity contribution < 1.29 is 14.6 Å². The topological polar surface area (TPSA) is 123 Å². The highest BCUT2D eigenvalue weighted by Crippen LogP contribution is 2.15. The van der Waals surface area contributed by atoms with Crippen LogP contribution in [0, 0.1) is 0 Å². The Kier molecular flexibility index (Phi) is 6.92. The van der Waals surface area contributed by atoms with Gasteiger partial charge in [0.2, 0.25) is 0 Å². The molecule has 0 aromatic carbocycles. The molecule has 0 amide bonds. The van der Waals surface area contributed by atoms with Gasteiger partial charge in [0.25, 0.3) is 5.56 Å². The molecule has 0 aliphatic heterocycles. The predicted octanol–water partition coefficient (Wildman–Crippen LogP) is -1.79. The van der Waals surface area contributed by atoms with Crippen LogP contribution in [0.15, 0.2) is 9.59 Å². The molecule has 9 heteroatoms. The number of hydrogen-bond donors (Lipinski definition) is 3. The first-order valence-electron chi connectivity index (χ1n) is 6.53. The van der Waals surface area contributed by atoms with Crippen LogP contribution in [0.25, 0.3) is 0 Å². The Hall–Kier alpha value is -1.84. The molecule has 1 heterocycles. The SMILES string of the molecule is COCCN(CCO)c1c(N)n(CCOC)c(=O)[nH]c1=O. The zero-order valence-electron chi connectivity index (χ0n) is 12.3. The minimum atomic E-state index is -0.589. The highest BCUT2D eigenvalue weighted by atomic mass is 16.5. The number of aliphatic hydroxyl groups excluding tert-OH is 1. The number of nitrogen functional groups attached to an aromatic ring is 1. The number of hydrogen-bond acceptors (Lipinski definition) is 7. The molecule has 0 aliphatic rings. The van der Waals surface area contributed by atoms with Gasteiger partial charge in [0, 0.05) is 27.3 Å². The van der Waals surface area contributed by atoms with Gasteiger partial charge in [0.15, 0.2) is 0 Å². The third-order valence-electron chi connectivity index (χ3n) is 2.98. The fourth-order valence-electron chi connectivity index (χ4n) is 1.95. The van der Waals surface area contributed by atoms with Crippen molar-refractivity contribution in [1.29, 1.82) is 0 Å². The fourth-order valence-corrected chi connectivity index (χ4v) is 1.95. The molecule has 1 aromatic heterocycles. The number of H-pyrrole nitrogens is 1. The number of nitrogens with two attached hydrogens (primary N) is 1. The van der Waals surface area contributed by atoms with Gasteiger partial charge in [0.1, 0.15) is 11.5 Å². The summed E-state index contributed by atoms with van der Waals surface area (Å²) in [7, 11) is 3.04. The van der Waals surface area contributed by atoms with E-state index in [1.807, 2.05) is 0 Å². The first-order chi connectivity index (χ1) is 10.1. The second-order valence-electron chi connectivity index (χ2n) is 4.34. The van der Waals surface area contributed by atoms with Gasteiger partial charge in [-0.1, -0.05) is 0 Å². The predicted molar refractivity (Wildman–Crippen MR) is 78.8 cm³/mol. The van der Waals surface area contributed by atoms with Gasteiger partial charge in [-0.3, -0.25) is 14.3 Å². The number of nitrogens with zero attached hydrogens (tertiary/aromatic N) is 2. The van der Waals surface area contributed by atoms with Crippen LogP contribution >= 0.6 is 0 Å². The highest BCUT2D eigenvalue weighted by molar-refractivity contribution is 5.62. The maximum absolute atomic E-state index is 12.0. The number of aliphatic hydroxyl groups is 1. The van der Waals surface area contributed by atoms with Crippen LogP contribution in [0.1, 0.15) is 0 Å². The van der Waals surface area contributed by atoms with E-state index in [0.717, 1.165) is 0 Å². The normalized spacial score (nSPS) is 10.8. The van der Waals surface area contributed by atoms with Crippen LogP contribution in [0.3, 0.4) is 0 Å². The Morgan fingerprint density at radius 1 is 1.24 bits per heavy atom. The molecule has 0 spiro atoms. The lowest BCUT2D eigenvalue weighted by molar-refractivity contribution is 0.186. The van der Waals surface area contributed by atoms with Crippen LogP contribution in [-0.2, 0) is 16.0 Å².